The molecule has 0 bridgehead atoms. The Morgan fingerprint density at radius 2 is 2.00 bits per heavy atom. The van der Waals surface area contributed by atoms with E-state index in [9.17, 15) is 15.0 Å². The van der Waals surface area contributed by atoms with Crippen LogP contribution in [0.15, 0.2) is 18.2 Å². The van der Waals surface area contributed by atoms with Gasteiger partial charge in [0.15, 0.2) is 0 Å². The lowest BCUT2D eigenvalue weighted by Gasteiger charge is -2.16. The molecule has 1 amide bonds. The average Bonchev–Trinajstić information content (AvgIpc) is 3.18. The van der Waals surface area contributed by atoms with E-state index >= 15 is 0 Å². The monoisotopic (exact) mass is 278 g/mol. The van der Waals surface area contributed by atoms with E-state index in [0.29, 0.717) is 24.6 Å². The second-order valence-corrected chi connectivity index (χ2v) is 5.33. The van der Waals surface area contributed by atoms with Gasteiger partial charge in [0.1, 0.15) is 11.5 Å². The highest BCUT2D eigenvalue weighted by atomic mass is 16.3. The molecule has 1 atom stereocenters. The number of carbonyl (C=O) groups excluding carboxylic acids is 1. The molecular weight excluding hydrogens is 256 g/mol. The number of phenolic OH excluding ortho intramolecular Hbond substituents is 2. The van der Waals surface area contributed by atoms with Crippen LogP contribution >= 0.6 is 0 Å². The Labute approximate surface area is 119 Å². The number of hydrogen-bond acceptors (Lipinski definition) is 4. The van der Waals surface area contributed by atoms with Crippen LogP contribution in [-0.4, -0.2) is 28.7 Å². The molecule has 0 radical (unpaired) electrons. The van der Waals surface area contributed by atoms with Crippen LogP contribution in [0, 0.1) is 0 Å². The highest BCUT2D eigenvalue weighted by Crippen LogP contribution is 2.31. The van der Waals surface area contributed by atoms with Gasteiger partial charge in [0.05, 0.1) is 5.56 Å². The van der Waals surface area contributed by atoms with E-state index in [-0.39, 0.29) is 23.4 Å². The van der Waals surface area contributed by atoms with Gasteiger partial charge in [-0.05, 0) is 44.9 Å². The van der Waals surface area contributed by atoms with E-state index in [4.69, 9.17) is 0 Å². The smallest absolute Gasteiger partial charge is 0.220 e. The zero-order valence-corrected chi connectivity index (χ0v) is 11.7. The van der Waals surface area contributed by atoms with E-state index in [1.807, 2.05) is 6.92 Å². The lowest BCUT2D eigenvalue weighted by atomic mass is 10.1. The molecular formula is C15H22N2O3. The van der Waals surface area contributed by atoms with Crippen LogP contribution in [0.1, 0.15) is 44.2 Å². The molecule has 1 aromatic rings. The first-order valence-corrected chi connectivity index (χ1v) is 7.11. The standard InChI is InChI=1S/C15H22N2O3/c1-10(15-12(18)4-2-5-13(15)19)16-9-3-6-14(20)17-11-7-8-11/h2,4-5,10-11,16,18-19H,3,6-9H2,1H3,(H,17,20). The van der Waals surface area contributed by atoms with Gasteiger partial charge in [-0.1, -0.05) is 6.07 Å². The molecule has 5 heteroatoms. The molecule has 0 aromatic heterocycles. The summed E-state index contributed by atoms with van der Waals surface area (Å²) < 4.78 is 0. The molecule has 0 spiro atoms. The fourth-order valence-corrected chi connectivity index (χ4v) is 2.18. The molecule has 1 aliphatic rings. The van der Waals surface area contributed by atoms with Gasteiger partial charge in [0, 0.05) is 18.5 Å². The lowest BCUT2D eigenvalue weighted by molar-refractivity contribution is -0.121. The summed E-state index contributed by atoms with van der Waals surface area (Å²) in [6, 6.07) is 4.95. The predicted octanol–water partition coefficient (Wildman–Crippen LogP) is 1.81. The van der Waals surface area contributed by atoms with Crippen molar-refractivity contribution in [1.82, 2.24) is 10.6 Å². The maximum Gasteiger partial charge on any atom is 0.220 e. The summed E-state index contributed by atoms with van der Waals surface area (Å²) in [7, 11) is 0. The van der Waals surface area contributed by atoms with Gasteiger partial charge in [-0.2, -0.15) is 0 Å². The Balaban J connectivity index is 1.71. The highest BCUT2D eigenvalue weighted by Gasteiger charge is 2.22. The van der Waals surface area contributed by atoms with Gasteiger partial charge < -0.3 is 20.8 Å². The minimum absolute atomic E-state index is 0.0801. The summed E-state index contributed by atoms with van der Waals surface area (Å²) in [5.41, 5.74) is 0.495. The summed E-state index contributed by atoms with van der Waals surface area (Å²) in [6.45, 7) is 2.53. The number of hydrogen-bond donors (Lipinski definition) is 4. The molecule has 20 heavy (non-hydrogen) atoms. The Bertz CT molecular complexity index is 452. The number of rotatable bonds is 7. The van der Waals surface area contributed by atoms with Crippen LogP contribution in [0.5, 0.6) is 11.5 Å². The molecule has 110 valence electrons. The molecule has 0 saturated heterocycles. The van der Waals surface area contributed by atoms with E-state index in [1.165, 1.54) is 0 Å². The number of amides is 1. The molecule has 4 N–H and O–H groups in total. The van der Waals surface area contributed by atoms with Crippen molar-refractivity contribution >= 4 is 5.91 Å². The van der Waals surface area contributed by atoms with E-state index in [1.54, 1.807) is 18.2 Å². The molecule has 2 rings (SSSR count). The number of benzene rings is 1. The third kappa shape index (κ3) is 4.13. The quantitative estimate of drug-likeness (QED) is 0.573. The molecule has 0 aliphatic heterocycles. The number of nitrogens with one attached hydrogen (secondary N) is 2. The third-order valence-corrected chi connectivity index (χ3v) is 3.47. The highest BCUT2D eigenvalue weighted by molar-refractivity contribution is 5.76. The average molecular weight is 278 g/mol. The largest absolute Gasteiger partial charge is 0.507 e. The van der Waals surface area contributed by atoms with Gasteiger partial charge >= 0.3 is 0 Å². The van der Waals surface area contributed by atoms with Crippen LogP contribution in [0.2, 0.25) is 0 Å². The maximum atomic E-state index is 11.5. The van der Waals surface area contributed by atoms with Crippen LogP contribution in [0.25, 0.3) is 0 Å². The minimum atomic E-state index is -0.164. The van der Waals surface area contributed by atoms with Crippen molar-refractivity contribution < 1.29 is 15.0 Å². The van der Waals surface area contributed by atoms with E-state index in [2.05, 4.69) is 10.6 Å². The van der Waals surface area contributed by atoms with Crippen molar-refractivity contribution in [2.45, 2.75) is 44.7 Å². The summed E-state index contributed by atoms with van der Waals surface area (Å²) in [6.07, 6.45) is 3.45. The zero-order chi connectivity index (χ0) is 14.5. The molecule has 5 nitrogen and oxygen atoms in total. The van der Waals surface area contributed by atoms with Crippen molar-refractivity contribution in [3.05, 3.63) is 23.8 Å². The molecule has 0 heterocycles. The zero-order valence-electron chi connectivity index (χ0n) is 11.7. The van der Waals surface area contributed by atoms with Crippen molar-refractivity contribution in [1.29, 1.82) is 0 Å². The predicted molar refractivity (Wildman–Crippen MR) is 76.6 cm³/mol. The normalized spacial score (nSPS) is 15.8. The van der Waals surface area contributed by atoms with E-state index < -0.39 is 0 Å². The summed E-state index contributed by atoms with van der Waals surface area (Å²) >= 11 is 0. The van der Waals surface area contributed by atoms with Crippen LogP contribution in [0.3, 0.4) is 0 Å². The van der Waals surface area contributed by atoms with Crippen LogP contribution < -0.4 is 10.6 Å². The van der Waals surface area contributed by atoms with Gasteiger partial charge in [-0.3, -0.25) is 4.79 Å². The van der Waals surface area contributed by atoms with Gasteiger partial charge in [0.25, 0.3) is 0 Å². The van der Waals surface area contributed by atoms with E-state index in [0.717, 1.165) is 19.3 Å². The molecule has 1 unspecified atom stereocenters. The number of phenols is 2. The van der Waals surface area contributed by atoms with Gasteiger partial charge in [0.2, 0.25) is 5.91 Å². The van der Waals surface area contributed by atoms with Crippen LogP contribution in [-0.2, 0) is 4.79 Å². The fraction of sp³-hybridized carbons (Fsp3) is 0.533. The Morgan fingerprint density at radius 1 is 1.35 bits per heavy atom. The lowest BCUT2D eigenvalue weighted by Crippen LogP contribution is -2.27. The van der Waals surface area contributed by atoms with Gasteiger partial charge in [-0.15, -0.1) is 0 Å². The third-order valence-electron chi connectivity index (χ3n) is 3.47. The Hall–Kier alpha value is -1.75. The van der Waals surface area contributed by atoms with Crippen molar-refractivity contribution in [3.63, 3.8) is 0 Å². The topological polar surface area (TPSA) is 81.6 Å². The Kier molecular flexibility index (Phi) is 4.84. The SMILES string of the molecule is CC(NCCCC(=O)NC1CC1)c1c(O)cccc1O. The first-order chi connectivity index (χ1) is 9.58. The van der Waals surface area contributed by atoms with Gasteiger partial charge in [-0.25, -0.2) is 0 Å². The second kappa shape index (κ2) is 6.61. The maximum absolute atomic E-state index is 11.5. The van der Waals surface area contributed by atoms with Crippen molar-refractivity contribution in [2.24, 2.45) is 0 Å². The first-order valence-electron chi connectivity index (χ1n) is 7.11. The first kappa shape index (κ1) is 14.7. The fourth-order valence-electron chi connectivity index (χ4n) is 2.18. The summed E-state index contributed by atoms with van der Waals surface area (Å²) in [4.78, 5) is 11.5. The number of carbonyl (C=O) groups is 1. The summed E-state index contributed by atoms with van der Waals surface area (Å²) in [5, 5.41) is 25.6. The Morgan fingerprint density at radius 3 is 2.60 bits per heavy atom. The van der Waals surface area contributed by atoms with Crippen molar-refractivity contribution in [3.8, 4) is 11.5 Å². The van der Waals surface area contributed by atoms with Crippen LogP contribution in [0.4, 0.5) is 0 Å². The van der Waals surface area contributed by atoms with Crippen molar-refractivity contribution in [2.75, 3.05) is 6.54 Å². The molecule has 1 fully saturated rings. The molecule has 1 aromatic carbocycles. The second-order valence-electron chi connectivity index (χ2n) is 5.33. The minimum Gasteiger partial charge on any atom is -0.507 e. The molecule has 1 aliphatic carbocycles. The number of aromatic hydroxyl groups is 2. The molecule has 1 saturated carbocycles. The summed E-state index contributed by atoms with van der Waals surface area (Å²) in [5.74, 6) is 0.264.